The van der Waals surface area contributed by atoms with Gasteiger partial charge in [0.1, 0.15) is 17.8 Å². The second-order valence-corrected chi connectivity index (χ2v) is 10.0. The number of rotatable bonds is 6. The third-order valence-electron chi connectivity index (χ3n) is 5.33. The van der Waals surface area contributed by atoms with E-state index in [0.29, 0.717) is 25.9 Å². The fourth-order valence-corrected chi connectivity index (χ4v) is 5.21. The quantitative estimate of drug-likeness (QED) is 0.454. The molecular formula is C20H23FN4O6S. The molecule has 172 valence electrons. The largest absolute Gasteiger partial charge is 0.466 e. The first kappa shape index (κ1) is 23.7. The molecule has 2 atom stereocenters. The van der Waals surface area contributed by atoms with Crippen molar-refractivity contribution in [2.75, 3.05) is 6.61 Å². The summed E-state index contributed by atoms with van der Waals surface area (Å²) in [4.78, 5) is 18.3. The third-order valence-corrected chi connectivity index (χ3v) is 7.25. The predicted molar refractivity (Wildman–Crippen MR) is 111 cm³/mol. The summed E-state index contributed by atoms with van der Waals surface area (Å²) >= 11 is 0. The molecule has 2 unspecified atom stereocenters. The number of nitrogens with zero attached hydrogens (tertiary/aromatic N) is 4. The minimum atomic E-state index is -4.64. The second kappa shape index (κ2) is 8.91. The Morgan fingerprint density at radius 3 is 2.66 bits per heavy atom. The number of sulfone groups is 1. The fourth-order valence-electron chi connectivity index (χ4n) is 3.66. The molecule has 1 aromatic rings. The Morgan fingerprint density at radius 2 is 2.06 bits per heavy atom. The first-order valence-corrected chi connectivity index (χ1v) is 11.6. The van der Waals surface area contributed by atoms with Crippen LogP contribution >= 0.6 is 0 Å². The van der Waals surface area contributed by atoms with Crippen LogP contribution in [0.1, 0.15) is 56.3 Å². The molecule has 0 amide bonds. The third kappa shape index (κ3) is 4.49. The van der Waals surface area contributed by atoms with Crippen molar-refractivity contribution < 1.29 is 27.2 Å². The Hall–Kier alpha value is -2.91. The number of aromatic nitrogens is 2. The first-order valence-electron chi connectivity index (χ1n) is 10.0. The van der Waals surface area contributed by atoms with Crippen molar-refractivity contribution in [3.8, 4) is 11.9 Å². The van der Waals surface area contributed by atoms with Crippen molar-refractivity contribution in [3.63, 3.8) is 0 Å². The molecule has 3 rings (SSSR count). The van der Waals surface area contributed by atoms with E-state index in [9.17, 15) is 28.2 Å². The van der Waals surface area contributed by atoms with Crippen LogP contribution in [0.3, 0.4) is 0 Å². The van der Waals surface area contributed by atoms with E-state index < -0.39 is 59.7 Å². The van der Waals surface area contributed by atoms with Gasteiger partial charge in [0.15, 0.2) is 5.69 Å². The van der Waals surface area contributed by atoms with Gasteiger partial charge in [-0.05, 0) is 52.5 Å². The van der Waals surface area contributed by atoms with Crippen LogP contribution in [0.25, 0.3) is 0 Å². The molecule has 0 saturated carbocycles. The summed E-state index contributed by atoms with van der Waals surface area (Å²) in [6.07, 6.45) is 3.42. The summed E-state index contributed by atoms with van der Waals surface area (Å²) < 4.78 is 52.0. The van der Waals surface area contributed by atoms with Gasteiger partial charge >= 0.3 is 5.69 Å². The lowest BCUT2D eigenvalue weighted by atomic mass is 9.94. The van der Waals surface area contributed by atoms with E-state index in [-0.39, 0.29) is 12.2 Å². The van der Waals surface area contributed by atoms with Gasteiger partial charge in [0, 0.05) is 6.61 Å². The molecule has 1 saturated heterocycles. The number of nitro groups is 1. The highest BCUT2D eigenvalue weighted by atomic mass is 32.2. The van der Waals surface area contributed by atoms with Gasteiger partial charge in [-0.15, -0.1) is 0 Å². The van der Waals surface area contributed by atoms with Crippen LogP contribution in [0.2, 0.25) is 0 Å². The number of nitriles is 1. The summed E-state index contributed by atoms with van der Waals surface area (Å²) in [6, 6.07) is 1.55. The lowest BCUT2D eigenvalue weighted by Gasteiger charge is -2.37. The standard InChI is InChI=1S/C20H23FN4O6S/c1-12-23-17(15(11-22)32(28,29)14-8-5-4-7-13(14)21)18(25(26)27)19(24-12)31-16-9-6-10-30-20(16,2)3/h7-8,15-16H,4-6,9-10H2,1-3H3. The van der Waals surface area contributed by atoms with Gasteiger partial charge in [0.05, 0.1) is 21.5 Å². The molecule has 1 aromatic heterocycles. The summed E-state index contributed by atoms with van der Waals surface area (Å²) in [5.41, 5.74) is -2.27. The molecule has 0 radical (unpaired) electrons. The zero-order valence-corrected chi connectivity index (χ0v) is 18.7. The number of hydrogen-bond acceptors (Lipinski definition) is 9. The van der Waals surface area contributed by atoms with Crippen molar-refractivity contribution in [3.05, 3.63) is 44.5 Å². The van der Waals surface area contributed by atoms with Crippen molar-refractivity contribution in [1.29, 1.82) is 5.26 Å². The predicted octanol–water partition coefficient (Wildman–Crippen LogP) is 3.54. The average Bonchev–Trinajstić information content (AvgIpc) is 2.69. The highest BCUT2D eigenvalue weighted by Gasteiger charge is 2.43. The molecule has 32 heavy (non-hydrogen) atoms. The van der Waals surface area contributed by atoms with E-state index in [1.165, 1.54) is 6.92 Å². The van der Waals surface area contributed by atoms with Crippen LogP contribution in [-0.2, 0) is 14.6 Å². The van der Waals surface area contributed by atoms with Gasteiger partial charge in [-0.3, -0.25) is 10.1 Å². The van der Waals surface area contributed by atoms with E-state index in [1.807, 2.05) is 0 Å². The molecular weight excluding hydrogens is 443 g/mol. The maximum atomic E-state index is 14.3. The molecule has 1 fully saturated rings. The van der Waals surface area contributed by atoms with Crippen molar-refractivity contribution in [1.82, 2.24) is 9.97 Å². The SMILES string of the molecule is Cc1nc(OC2CCCOC2(C)C)c([N+](=O)[O-])c(C(C#N)S(=O)(=O)C2=CCCC=C2F)n1. The minimum absolute atomic E-state index is 0.0285. The van der Waals surface area contributed by atoms with E-state index in [0.717, 1.165) is 12.2 Å². The molecule has 10 nitrogen and oxygen atoms in total. The fraction of sp³-hybridized carbons (Fsp3) is 0.550. The lowest BCUT2D eigenvalue weighted by molar-refractivity contribution is -0.387. The molecule has 2 aliphatic rings. The molecule has 1 aliphatic heterocycles. The molecule has 2 heterocycles. The smallest absolute Gasteiger partial charge is 0.354 e. The zero-order valence-electron chi connectivity index (χ0n) is 17.9. The molecule has 0 aromatic carbocycles. The minimum Gasteiger partial charge on any atom is -0.466 e. The summed E-state index contributed by atoms with van der Waals surface area (Å²) in [7, 11) is -4.64. The molecule has 1 aliphatic carbocycles. The van der Waals surface area contributed by atoms with Crippen molar-refractivity contribution in [2.45, 2.75) is 63.4 Å². The average molecular weight is 466 g/mol. The highest BCUT2D eigenvalue weighted by Crippen LogP contribution is 2.41. The van der Waals surface area contributed by atoms with Crippen LogP contribution in [0.5, 0.6) is 5.88 Å². The molecule has 0 bridgehead atoms. The Balaban J connectivity index is 2.14. The monoisotopic (exact) mass is 466 g/mol. The van der Waals surface area contributed by atoms with E-state index in [1.54, 1.807) is 19.9 Å². The maximum Gasteiger partial charge on any atom is 0.354 e. The van der Waals surface area contributed by atoms with Gasteiger partial charge in [0.25, 0.3) is 5.88 Å². The second-order valence-electron chi connectivity index (χ2n) is 8.02. The van der Waals surface area contributed by atoms with Gasteiger partial charge in [0.2, 0.25) is 15.1 Å². The van der Waals surface area contributed by atoms with Crippen LogP contribution in [0, 0.1) is 28.4 Å². The van der Waals surface area contributed by atoms with E-state index >= 15 is 0 Å². The van der Waals surface area contributed by atoms with Crippen LogP contribution in [0.15, 0.2) is 22.9 Å². The Bertz CT molecular complexity index is 1140. The van der Waals surface area contributed by atoms with Crippen molar-refractivity contribution in [2.24, 2.45) is 0 Å². The number of hydrogen-bond donors (Lipinski definition) is 0. The maximum absolute atomic E-state index is 14.3. The lowest BCUT2D eigenvalue weighted by Crippen LogP contribution is -2.46. The topological polar surface area (TPSA) is 145 Å². The van der Waals surface area contributed by atoms with Gasteiger partial charge in [-0.2, -0.15) is 10.2 Å². The van der Waals surface area contributed by atoms with Gasteiger partial charge < -0.3 is 9.47 Å². The number of allylic oxidation sites excluding steroid dienone is 3. The Labute approximate surface area is 184 Å². The normalized spacial score (nSPS) is 21.7. The van der Waals surface area contributed by atoms with Crippen molar-refractivity contribution >= 4 is 15.5 Å². The van der Waals surface area contributed by atoms with Gasteiger partial charge in [-0.1, -0.05) is 6.08 Å². The van der Waals surface area contributed by atoms with Gasteiger partial charge in [-0.25, -0.2) is 17.8 Å². The zero-order chi connectivity index (χ0) is 23.7. The van der Waals surface area contributed by atoms with E-state index in [4.69, 9.17) is 9.47 Å². The summed E-state index contributed by atoms with van der Waals surface area (Å²) in [6.45, 7) is 5.44. The van der Waals surface area contributed by atoms with E-state index in [2.05, 4.69) is 9.97 Å². The number of halogens is 1. The highest BCUT2D eigenvalue weighted by molar-refractivity contribution is 7.96. The number of aryl methyl sites for hydroxylation is 1. The number of ether oxygens (including phenoxy) is 2. The Morgan fingerprint density at radius 1 is 1.38 bits per heavy atom. The van der Waals surface area contributed by atoms with Crippen LogP contribution in [-0.4, -0.2) is 41.6 Å². The molecule has 0 spiro atoms. The summed E-state index contributed by atoms with van der Waals surface area (Å²) in [5.74, 6) is -1.48. The Kier molecular flexibility index (Phi) is 6.61. The first-order chi connectivity index (χ1) is 15.0. The summed E-state index contributed by atoms with van der Waals surface area (Å²) in [5, 5.41) is 19.5. The van der Waals surface area contributed by atoms with Crippen LogP contribution in [0.4, 0.5) is 10.1 Å². The molecule has 0 N–H and O–H groups in total. The van der Waals surface area contributed by atoms with Crippen LogP contribution < -0.4 is 4.74 Å². The molecule has 12 heteroatoms.